The summed E-state index contributed by atoms with van der Waals surface area (Å²) in [4.78, 5) is 5.87. The van der Waals surface area contributed by atoms with Gasteiger partial charge in [0, 0.05) is 54.7 Å². The zero-order chi connectivity index (χ0) is 43.7. The first-order valence-corrected chi connectivity index (χ1v) is 25.2. The third-order valence-corrected chi connectivity index (χ3v) is 19.9. The molecule has 2 fully saturated rings. The fourth-order valence-electron chi connectivity index (χ4n) is 15.1. The third-order valence-electron chi connectivity index (χ3n) is 18.7. The second-order valence-corrected chi connectivity index (χ2v) is 25.2. The van der Waals surface area contributed by atoms with Gasteiger partial charge in [-0.05, 0) is 144 Å². The van der Waals surface area contributed by atoms with Gasteiger partial charge in [-0.3, -0.25) is 0 Å². The fraction of sp³-hybridized carbons (Fsp3) is 0.448. The molecule has 320 valence electrons. The molecule has 7 aromatic rings. The van der Waals surface area contributed by atoms with E-state index in [1.54, 1.807) is 11.1 Å². The van der Waals surface area contributed by atoms with Gasteiger partial charge in [-0.1, -0.05) is 124 Å². The molecular weight excluding hydrogens is 782 g/mol. The predicted molar refractivity (Wildman–Crippen MR) is 273 cm³/mol. The van der Waals surface area contributed by atoms with Crippen LogP contribution in [0.2, 0.25) is 0 Å². The molecule has 0 N–H and O–H groups in total. The minimum Gasteiger partial charge on any atom is -0.335 e. The highest BCUT2D eigenvalue weighted by atomic mass is 32.1. The standard InChI is InChI=1S/C58H64BN3S/c1-33-25-34(2)47-43(26-33)61(58(12)24-18-16-22-56(47,58)10)37-31-44-48-45(32-37)62-51-40(55(9)21-15-17-23-57(55,62)11)28-36(54(6,7)8)30-42(51)59(48)41-29-35(53(3,4)5)27-39-49(41)60(44)50-38-19-13-14-20-46(38)63-52(39)50/h13-14,19-20,25-32H,15-18,21-24H2,1-12H3. The van der Waals surface area contributed by atoms with E-state index in [9.17, 15) is 0 Å². The van der Waals surface area contributed by atoms with Crippen LogP contribution in [-0.4, -0.2) is 22.4 Å². The maximum Gasteiger partial charge on any atom is 0.252 e. The number of aromatic nitrogens is 1. The lowest BCUT2D eigenvalue weighted by Gasteiger charge is -2.53. The molecule has 2 aliphatic carbocycles. The Morgan fingerprint density at radius 1 is 0.603 bits per heavy atom. The molecule has 0 radical (unpaired) electrons. The van der Waals surface area contributed by atoms with Gasteiger partial charge in [0.1, 0.15) is 0 Å². The number of hydrogen-bond acceptors (Lipinski definition) is 3. The van der Waals surface area contributed by atoms with E-state index in [0.29, 0.717) is 0 Å². The van der Waals surface area contributed by atoms with Gasteiger partial charge in [-0.2, -0.15) is 0 Å². The maximum absolute atomic E-state index is 2.98. The van der Waals surface area contributed by atoms with Crippen LogP contribution >= 0.6 is 11.3 Å². The van der Waals surface area contributed by atoms with Crippen molar-refractivity contribution >= 4 is 88.4 Å². The van der Waals surface area contributed by atoms with Crippen LogP contribution in [0.15, 0.2) is 72.8 Å². The van der Waals surface area contributed by atoms with Gasteiger partial charge in [0.15, 0.2) is 0 Å². The summed E-state index contributed by atoms with van der Waals surface area (Å²) in [5.74, 6) is 0. The van der Waals surface area contributed by atoms with Gasteiger partial charge in [0.2, 0.25) is 0 Å². The number of anilines is 4. The molecule has 6 aliphatic rings. The van der Waals surface area contributed by atoms with E-state index in [1.807, 2.05) is 11.3 Å². The van der Waals surface area contributed by atoms with E-state index in [4.69, 9.17) is 0 Å². The lowest BCUT2D eigenvalue weighted by Crippen LogP contribution is -2.64. The second kappa shape index (κ2) is 11.9. The molecule has 0 saturated heterocycles. The molecule has 5 heteroatoms. The molecule has 3 nitrogen and oxygen atoms in total. The SMILES string of the molecule is Cc1cc(C)c2c(c1)N(c1cc3c4c(c1)-n1c5c(cc(C(C)(C)C)cc5c5sc6ccccc6c51)B4c1cc(C(C)(C)C)cc4c1N3C1(C)CCCCC41C)C1(C)CCCCC21C. The highest BCUT2D eigenvalue weighted by Crippen LogP contribution is 2.65. The van der Waals surface area contributed by atoms with Crippen LogP contribution in [0, 0.1) is 13.8 Å². The molecule has 63 heavy (non-hydrogen) atoms. The van der Waals surface area contributed by atoms with E-state index < -0.39 is 0 Å². The summed E-state index contributed by atoms with van der Waals surface area (Å²) >= 11 is 2.00. The first-order valence-electron chi connectivity index (χ1n) is 24.4. The van der Waals surface area contributed by atoms with Crippen LogP contribution in [0.25, 0.3) is 36.9 Å². The van der Waals surface area contributed by atoms with Crippen molar-refractivity contribution in [3.8, 4) is 5.69 Å². The van der Waals surface area contributed by atoms with E-state index in [0.717, 1.165) is 0 Å². The van der Waals surface area contributed by atoms with Gasteiger partial charge in [-0.15, -0.1) is 11.3 Å². The van der Waals surface area contributed by atoms with E-state index in [-0.39, 0.29) is 39.5 Å². The molecule has 6 heterocycles. The van der Waals surface area contributed by atoms with Crippen LogP contribution in [-0.2, 0) is 21.7 Å². The molecule has 2 saturated carbocycles. The summed E-state index contributed by atoms with van der Waals surface area (Å²) in [6.07, 6.45) is 9.98. The summed E-state index contributed by atoms with van der Waals surface area (Å²) < 4.78 is 5.60. The fourth-order valence-corrected chi connectivity index (χ4v) is 16.3. The number of benzene rings is 5. The Balaban J connectivity index is 1.24. The monoisotopic (exact) mass is 845 g/mol. The Labute approximate surface area is 380 Å². The Morgan fingerprint density at radius 2 is 1.24 bits per heavy atom. The van der Waals surface area contributed by atoms with Gasteiger partial charge in [0.05, 0.1) is 26.8 Å². The molecule has 5 aromatic carbocycles. The Morgan fingerprint density at radius 3 is 1.97 bits per heavy atom. The summed E-state index contributed by atoms with van der Waals surface area (Å²) in [5, 5.41) is 2.80. The molecule has 0 spiro atoms. The predicted octanol–water partition coefficient (Wildman–Crippen LogP) is 13.8. The molecule has 4 atom stereocenters. The third kappa shape index (κ3) is 4.50. The second-order valence-electron chi connectivity index (χ2n) is 24.1. The lowest BCUT2D eigenvalue weighted by atomic mass is 9.33. The van der Waals surface area contributed by atoms with Crippen molar-refractivity contribution in [2.75, 3.05) is 9.80 Å². The Hall–Kier alpha value is -4.48. The highest BCUT2D eigenvalue weighted by molar-refractivity contribution is 7.26. The van der Waals surface area contributed by atoms with E-state index in [2.05, 4.69) is 170 Å². The minimum absolute atomic E-state index is 0.00391. The normalized spacial score (nSPS) is 26.7. The van der Waals surface area contributed by atoms with Crippen molar-refractivity contribution in [3.05, 3.63) is 106 Å². The van der Waals surface area contributed by atoms with Gasteiger partial charge in [0.25, 0.3) is 6.71 Å². The first kappa shape index (κ1) is 38.9. The topological polar surface area (TPSA) is 11.4 Å². The van der Waals surface area contributed by atoms with Crippen molar-refractivity contribution in [3.63, 3.8) is 0 Å². The number of nitrogens with zero attached hydrogens (tertiary/aromatic N) is 3. The zero-order valence-corrected chi connectivity index (χ0v) is 40.7. The molecule has 0 bridgehead atoms. The molecule has 4 aliphatic heterocycles. The van der Waals surface area contributed by atoms with Crippen molar-refractivity contribution in [1.29, 1.82) is 0 Å². The van der Waals surface area contributed by atoms with Gasteiger partial charge >= 0.3 is 0 Å². The summed E-state index contributed by atoms with van der Waals surface area (Å²) in [7, 11) is 0. The van der Waals surface area contributed by atoms with E-state index in [1.165, 1.54) is 150 Å². The maximum atomic E-state index is 2.98. The number of hydrogen-bond donors (Lipinski definition) is 0. The lowest BCUT2D eigenvalue weighted by molar-refractivity contribution is 0.193. The molecule has 4 unspecified atom stereocenters. The van der Waals surface area contributed by atoms with E-state index >= 15 is 0 Å². The summed E-state index contributed by atoms with van der Waals surface area (Å²) in [6, 6.07) is 30.3. The first-order chi connectivity index (χ1) is 29.8. The molecular formula is C58H64BN3S. The average Bonchev–Trinajstić information content (AvgIpc) is 3.88. The largest absolute Gasteiger partial charge is 0.335 e. The highest BCUT2D eigenvalue weighted by Gasteiger charge is 2.63. The Kier molecular flexibility index (Phi) is 7.33. The quantitative estimate of drug-likeness (QED) is 0.153. The van der Waals surface area contributed by atoms with Crippen molar-refractivity contribution in [1.82, 2.24) is 4.57 Å². The number of thiophene rings is 1. The van der Waals surface area contributed by atoms with Crippen LogP contribution in [0.3, 0.4) is 0 Å². The number of rotatable bonds is 1. The molecule has 2 aromatic heterocycles. The smallest absolute Gasteiger partial charge is 0.252 e. The van der Waals surface area contributed by atoms with Gasteiger partial charge < -0.3 is 14.4 Å². The average molecular weight is 846 g/mol. The van der Waals surface area contributed by atoms with Crippen LogP contribution in [0.1, 0.15) is 154 Å². The van der Waals surface area contributed by atoms with Crippen molar-refractivity contribution in [2.24, 2.45) is 0 Å². The van der Waals surface area contributed by atoms with Crippen molar-refractivity contribution < 1.29 is 0 Å². The minimum atomic E-state index is -0.0561. The summed E-state index contributed by atoms with van der Waals surface area (Å²) in [6.45, 7) is 30.0. The Bertz CT molecular complexity index is 3220. The molecule has 13 rings (SSSR count). The number of aryl methyl sites for hydroxylation is 2. The van der Waals surface area contributed by atoms with Crippen molar-refractivity contribution in [2.45, 2.75) is 167 Å². The van der Waals surface area contributed by atoms with Crippen LogP contribution < -0.4 is 26.2 Å². The number of fused-ring (bicyclic) bond motifs is 15. The summed E-state index contributed by atoms with van der Waals surface area (Å²) in [5.41, 5.74) is 23.5. The van der Waals surface area contributed by atoms with Gasteiger partial charge in [-0.25, -0.2) is 0 Å². The van der Waals surface area contributed by atoms with Crippen LogP contribution in [0.4, 0.5) is 22.7 Å². The van der Waals surface area contributed by atoms with Crippen LogP contribution in [0.5, 0.6) is 0 Å². The zero-order valence-electron chi connectivity index (χ0n) is 39.9. The molecule has 0 amide bonds.